The molecule has 0 bridgehead atoms. The Kier molecular flexibility index (Phi) is 29.6. The fraction of sp³-hybridized carbons (Fsp3) is 0.300. The summed E-state index contributed by atoms with van der Waals surface area (Å²) in [4.78, 5) is 0. The molecule has 1 aromatic rings. The van der Waals surface area contributed by atoms with E-state index < -0.39 is 0 Å². The lowest BCUT2D eigenvalue weighted by Gasteiger charge is -1.80. The molecule has 0 saturated heterocycles. The molecule has 0 atom stereocenters. The zero-order valence-electron chi connectivity index (χ0n) is 9.07. The first-order chi connectivity index (χ1) is 6.93. The van der Waals surface area contributed by atoms with Crippen molar-refractivity contribution in [2.45, 2.75) is 0 Å². The van der Waals surface area contributed by atoms with E-state index in [-0.39, 0.29) is 0 Å². The first kappa shape index (κ1) is 18.4. The molecule has 0 saturated carbocycles. The van der Waals surface area contributed by atoms with Gasteiger partial charge in [0.1, 0.15) is 0 Å². The zero-order chi connectivity index (χ0) is 11.8. The molecule has 0 fully saturated rings. The van der Waals surface area contributed by atoms with Crippen LogP contribution in [0.3, 0.4) is 0 Å². The van der Waals surface area contributed by atoms with Gasteiger partial charge in [-0.05, 0) is 33.3 Å². The molecule has 1 rings (SSSR count). The van der Waals surface area contributed by atoms with E-state index in [0.717, 1.165) is 0 Å². The second kappa shape index (κ2) is 22.6. The second-order valence-electron chi connectivity index (χ2n) is 1.48. The van der Waals surface area contributed by atoms with E-state index in [1.165, 1.54) is 21.1 Å². The summed E-state index contributed by atoms with van der Waals surface area (Å²) in [6.07, 6.45) is 0. The Morgan fingerprint density at radius 3 is 1.43 bits per heavy atom. The van der Waals surface area contributed by atoms with E-state index >= 15 is 0 Å². The van der Waals surface area contributed by atoms with Crippen LogP contribution in [0, 0.1) is 11.3 Å². The molecule has 0 unspecified atom stereocenters. The average Bonchev–Trinajstić information content (AvgIpc) is 2.37. The lowest BCUT2D eigenvalue weighted by Crippen LogP contribution is -1.69. The molecule has 6 N–H and O–H groups in total. The fourth-order valence-corrected chi connectivity index (χ4v) is 0.513. The maximum Gasteiger partial charge on any atom is 0.0991 e. The molecule has 0 aliphatic carbocycles. The molecule has 80 valence electrons. The lowest BCUT2D eigenvalue weighted by atomic mass is 10.2. The van der Waals surface area contributed by atoms with Crippen LogP contribution in [0.4, 0.5) is 0 Å². The van der Waals surface area contributed by atoms with Crippen molar-refractivity contribution in [2.24, 2.45) is 17.2 Å². The molecule has 4 heteroatoms. The Balaban J connectivity index is -0.000000174. The van der Waals surface area contributed by atoms with Crippen molar-refractivity contribution in [3.63, 3.8) is 0 Å². The molecule has 14 heavy (non-hydrogen) atoms. The van der Waals surface area contributed by atoms with Gasteiger partial charge in [-0.2, -0.15) is 5.26 Å². The average molecular weight is 196 g/mol. The van der Waals surface area contributed by atoms with Crippen molar-refractivity contribution in [1.82, 2.24) is 0 Å². The van der Waals surface area contributed by atoms with Gasteiger partial charge in [-0.15, -0.1) is 0 Å². The third-order valence-corrected chi connectivity index (χ3v) is 0.903. The quantitative estimate of drug-likeness (QED) is 0.554. The van der Waals surface area contributed by atoms with Gasteiger partial charge < -0.3 is 17.2 Å². The first-order valence-electron chi connectivity index (χ1n) is 4.12. The van der Waals surface area contributed by atoms with E-state index in [4.69, 9.17) is 5.26 Å². The summed E-state index contributed by atoms with van der Waals surface area (Å²) in [5, 5.41) is 8.29. The summed E-state index contributed by atoms with van der Waals surface area (Å²) >= 11 is 0. The number of benzene rings is 1. The Bertz CT molecular complexity index is 203. The number of nitrogens with zero attached hydrogens (tertiary/aromatic N) is 1. The van der Waals surface area contributed by atoms with Gasteiger partial charge in [0.25, 0.3) is 0 Å². The van der Waals surface area contributed by atoms with Gasteiger partial charge >= 0.3 is 0 Å². The van der Waals surface area contributed by atoms with Gasteiger partial charge in [0.2, 0.25) is 0 Å². The minimum absolute atomic E-state index is 0.715. The zero-order valence-corrected chi connectivity index (χ0v) is 9.07. The SMILES string of the molecule is CN.CN.CN.N#Cc1ccccc1. The van der Waals surface area contributed by atoms with Crippen LogP contribution in [0.15, 0.2) is 30.3 Å². The largest absolute Gasteiger partial charge is 0.333 e. The van der Waals surface area contributed by atoms with Gasteiger partial charge in [0.05, 0.1) is 11.6 Å². The smallest absolute Gasteiger partial charge is 0.0991 e. The highest BCUT2D eigenvalue weighted by atomic mass is 14.4. The molecule has 0 amide bonds. The van der Waals surface area contributed by atoms with E-state index in [1.807, 2.05) is 24.3 Å². The molecule has 0 aliphatic rings. The topological polar surface area (TPSA) is 102 Å². The summed E-state index contributed by atoms with van der Waals surface area (Å²) in [6.45, 7) is 0. The highest BCUT2D eigenvalue weighted by molar-refractivity contribution is 5.27. The molecular weight excluding hydrogens is 176 g/mol. The summed E-state index contributed by atoms with van der Waals surface area (Å²) in [6, 6.07) is 11.2. The van der Waals surface area contributed by atoms with Crippen LogP contribution >= 0.6 is 0 Å². The molecule has 0 spiro atoms. The van der Waals surface area contributed by atoms with Crippen LogP contribution in [0.2, 0.25) is 0 Å². The maximum atomic E-state index is 8.29. The third-order valence-electron chi connectivity index (χ3n) is 0.903. The minimum atomic E-state index is 0.715. The highest BCUT2D eigenvalue weighted by Crippen LogP contribution is 1.92. The molecular formula is C10H20N4. The van der Waals surface area contributed by atoms with Crippen molar-refractivity contribution in [1.29, 1.82) is 5.26 Å². The van der Waals surface area contributed by atoms with Gasteiger partial charge in [-0.25, -0.2) is 0 Å². The second-order valence-corrected chi connectivity index (χ2v) is 1.48. The van der Waals surface area contributed by atoms with Crippen LogP contribution in [-0.4, -0.2) is 21.1 Å². The lowest BCUT2D eigenvalue weighted by molar-refractivity contribution is 1.48. The number of hydrogen-bond donors (Lipinski definition) is 3. The Morgan fingerprint density at radius 2 is 1.21 bits per heavy atom. The van der Waals surface area contributed by atoms with E-state index in [9.17, 15) is 0 Å². The number of nitriles is 1. The number of nitrogens with two attached hydrogens (primary N) is 3. The molecule has 1 aromatic carbocycles. The fourth-order valence-electron chi connectivity index (χ4n) is 0.513. The van der Waals surface area contributed by atoms with E-state index in [2.05, 4.69) is 17.2 Å². The van der Waals surface area contributed by atoms with E-state index in [1.54, 1.807) is 12.1 Å². The summed E-state index contributed by atoms with van der Waals surface area (Å²) in [7, 11) is 4.50. The maximum absolute atomic E-state index is 8.29. The van der Waals surface area contributed by atoms with Crippen molar-refractivity contribution in [3.05, 3.63) is 35.9 Å². The van der Waals surface area contributed by atoms with Gasteiger partial charge in [-0.3, -0.25) is 0 Å². The first-order valence-corrected chi connectivity index (χ1v) is 4.12. The van der Waals surface area contributed by atoms with Crippen molar-refractivity contribution in [3.8, 4) is 6.07 Å². The standard InChI is InChI=1S/C7H5N.3CH5N/c8-6-7-4-2-1-3-5-7;3*1-2/h1-5H;3*2H2,1H3. The van der Waals surface area contributed by atoms with Crippen LogP contribution in [0.5, 0.6) is 0 Å². The summed E-state index contributed by atoms with van der Waals surface area (Å²) in [5.74, 6) is 0. The molecule has 0 heterocycles. The third kappa shape index (κ3) is 13.2. The predicted molar refractivity (Wildman–Crippen MR) is 61.5 cm³/mol. The Morgan fingerprint density at radius 1 is 0.857 bits per heavy atom. The van der Waals surface area contributed by atoms with E-state index in [0.29, 0.717) is 5.56 Å². The highest BCUT2D eigenvalue weighted by Gasteiger charge is 1.79. The minimum Gasteiger partial charge on any atom is -0.333 e. The molecule has 4 nitrogen and oxygen atoms in total. The van der Waals surface area contributed by atoms with Gasteiger partial charge in [0.15, 0.2) is 0 Å². The monoisotopic (exact) mass is 196 g/mol. The number of rotatable bonds is 0. The molecule has 0 aromatic heterocycles. The molecule has 0 radical (unpaired) electrons. The van der Waals surface area contributed by atoms with Gasteiger partial charge in [-0.1, -0.05) is 18.2 Å². The molecule has 0 aliphatic heterocycles. The van der Waals surface area contributed by atoms with Crippen molar-refractivity contribution < 1.29 is 0 Å². The van der Waals surface area contributed by atoms with Gasteiger partial charge in [0, 0.05) is 0 Å². The van der Waals surface area contributed by atoms with Crippen molar-refractivity contribution in [2.75, 3.05) is 21.1 Å². The summed E-state index contributed by atoms with van der Waals surface area (Å²) < 4.78 is 0. The predicted octanol–water partition coefficient (Wildman–Crippen LogP) is 0.283. The van der Waals surface area contributed by atoms with Crippen LogP contribution in [0.1, 0.15) is 5.56 Å². The summed E-state index contributed by atoms with van der Waals surface area (Å²) in [5.41, 5.74) is 14.2. The number of hydrogen-bond acceptors (Lipinski definition) is 4. The van der Waals surface area contributed by atoms with Crippen LogP contribution < -0.4 is 17.2 Å². The van der Waals surface area contributed by atoms with Crippen LogP contribution in [0.25, 0.3) is 0 Å². The van der Waals surface area contributed by atoms with Crippen LogP contribution in [-0.2, 0) is 0 Å². The van der Waals surface area contributed by atoms with Crippen molar-refractivity contribution >= 4 is 0 Å². The normalized spacial score (nSPS) is 5.79. The Labute approximate surface area is 86.3 Å². The Hall–Kier alpha value is -1.41.